The zero-order valence-corrected chi connectivity index (χ0v) is 8.76. The first-order valence-electron chi connectivity index (χ1n) is 4.45. The van der Waals surface area contributed by atoms with Crippen LogP contribution in [0.15, 0.2) is 12.7 Å². The molecule has 2 rings (SSSR count). The molecule has 0 atom stereocenters. The van der Waals surface area contributed by atoms with E-state index in [1.54, 1.807) is 17.9 Å². The number of nitrogens with zero attached hydrogens (tertiary/aromatic N) is 4. The van der Waals surface area contributed by atoms with Gasteiger partial charge in [0, 0.05) is 7.05 Å². The smallest absolute Gasteiger partial charge is 0.412 e. The SMILES string of the molecule is COC(=O)Nc1ncn(C)c1-c1nnc[nH]1. The Morgan fingerprint density at radius 1 is 1.62 bits per heavy atom. The molecule has 2 heterocycles. The van der Waals surface area contributed by atoms with Crippen molar-refractivity contribution in [2.45, 2.75) is 0 Å². The second-order valence-electron chi connectivity index (χ2n) is 3.01. The van der Waals surface area contributed by atoms with Crippen LogP contribution in [-0.2, 0) is 11.8 Å². The molecule has 0 saturated carbocycles. The Labute approximate surface area is 90.7 Å². The molecule has 0 fully saturated rings. The molecule has 1 amide bonds. The zero-order chi connectivity index (χ0) is 11.5. The number of aromatic amines is 1. The van der Waals surface area contributed by atoms with Gasteiger partial charge in [0.15, 0.2) is 11.6 Å². The maximum absolute atomic E-state index is 11.1. The Hall–Kier alpha value is -2.38. The molecule has 0 aliphatic carbocycles. The minimum absolute atomic E-state index is 0.367. The maximum atomic E-state index is 11.1. The molecule has 0 bridgehead atoms. The van der Waals surface area contributed by atoms with Crippen LogP contribution in [0.4, 0.5) is 10.6 Å². The fourth-order valence-electron chi connectivity index (χ4n) is 1.27. The van der Waals surface area contributed by atoms with E-state index in [0.717, 1.165) is 0 Å². The Kier molecular flexibility index (Phi) is 2.54. The van der Waals surface area contributed by atoms with Gasteiger partial charge in [0.25, 0.3) is 0 Å². The second-order valence-corrected chi connectivity index (χ2v) is 3.01. The third-order valence-electron chi connectivity index (χ3n) is 1.98. The number of nitrogens with one attached hydrogen (secondary N) is 2. The van der Waals surface area contributed by atoms with Gasteiger partial charge >= 0.3 is 6.09 Å². The van der Waals surface area contributed by atoms with Gasteiger partial charge in [-0.3, -0.25) is 5.32 Å². The highest BCUT2D eigenvalue weighted by Gasteiger charge is 2.15. The van der Waals surface area contributed by atoms with E-state index < -0.39 is 6.09 Å². The predicted octanol–water partition coefficient (Wildman–Crippen LogP) is 0.383. The molecule has 0 aromatic carbocycles. The van der Waals surface area contributed by atoms with Crippen molar-refractivity contribution in [3.05, 3.63) is 12.7 Å². The lowest BCUT2D eigenvalue weighted by Crippen LogP contribution is -2.12. The van der Waals surface area contributed by atoms with E-state index in [9.17, 15) is 4.79 Å². The highest BCUT2D eigenvalue weighted by Crippen LogP contribution is 2.22. The van der Waals surface area contributed by atoms with Crippen LogP contribution in [0.25, 0.3) is 11.5 Å². The molecular formula is C8H10N6O2. The van der Waals surface area contributed by atoms with E-state index in [0.29, 0.717) is 17.3 Å². The number of hydrogen-bond donors (Lipinski definition) is 2. The van der Waals surface area contributed by atoms with Crippen LogP contribution in [-0.4, -0.2) is 37.9 Å². The molecule has 8 heteroatoms. The van der Waals surface area contributed by atoms with E-state index in [1.807, 2.05) is 0 Å². The summed E-state index contributed by atoms with van der Waals surface area (Å²) >= 11 is 0. The number of hydrogen-bond acceptors (Lipinski definition) is 5. The van der Waals surface area contributed by atoms with Crippen molar-refractivity contribution in [1.82, 2.24) is 24.7 Å². The largest absolute Gasteiger partial charge is 0.453 e. The first-order chi connectivity index (χ1) is 7.72. The number of methoxy groups -OCH3 is 1. The number of amides is 1. The molecule has 2 aromatic rings. The summed E-state index contributed by atoms with van der Waals surface area (Å²) in [5.74, 6) is 0.887. The number of carbonyl (C=O) groups excluding carboxylic acids is 1. The van der Waals surface area contributed by atoms with E-state index in [1.165, 1.54) is 13.4 Å². The minimum atomic E-state index is -0.584. The quantitative estimate of drug-likeness (QED) is 0.765. The molecule has 0 spiro atoms. The van der Waals surface area contributed by atoms with Crippen molar-refractivity contribution in [3.8, 4) is 11.5 Å². The van der Waals surface area contributed by atoms with Crippen LogP contribution in [0.1, 0.15) is 0 Å². The molecule has 84 valence electrons. The van der Waals surface area contributed by atoms with Gasteiger partial charge in [0.05, 0.1) is 13.4 Å². The fourth-order valence-corrected chi connectivity index (χ4v) is 1.27. The summed E-state index contributed by atoms with van der Waals surface area (Å²) in [4.78, 5) is 17.9. The van der Waals surface area contributed by atoms with Gasteiger partial charge in [0.2, 0.25) is 0 Å². The number of imidazole rings is 1. The van der Waals surface area contributed by atoms with Gasteiger partial charge in [0.1, 0.15) is 12.0 Å². The van der Waals surface area contributed by atoms with E-state index in [4.69, 9.17) is 0 Å². The Morgan fingerprint density at radius 3 is 3.06 bits per heavy atom. The van der Waals surface area contributed by atoms with Crippen molar-refractivity contribution in [2.24, 2.45) is 7.05 Å². The minimum Gasteiger partial charge on any atom is -0.453 e. The van der Waals surface area contributed by atoms with Gasteiger partial charge in [-0.1, -0.05) is 0 Å². The highest BCUT2D eigenvalue weighted by atomic mass is 16.5. The standard InChI is InChI=1S/C8H10N6O2/c1-14-4-10-6(12-8(15)16-2)5(14)7-9-3-11-13-7/h3-4H,1-2H3,(H,12,15)(H,9,11,13). The third kappa shape index (κ3) is 1.72. The van der Waals surface area contributed by atoms with Crippen molar-refractivity contribution in [2.75, 3.05) is 12.4 Å². The van der Waals surface area contributed by atoms with Crippen LogP contribution in [0.2, 0.25) is 0 Å². The average Bonchev–Trinajstić information content (AvgIpc) is 2.88. The average molecular weight is 222 g/mol. The van der Waals surface area contributed by atoms with Crippen molar-refractivity contribution >= 4 is 11.9 Å². The molecule has 0 aliphatic heterocycles. The number of aromatic nitrogens is 5. The summed E-state index contributed by atoms with van der Waals surface area (Å²) in [7, 11) is 3.07. The van der Waals surface area contributed by atoms with Gasteiger partial charge in [-0.2, -0.15) is 0 Å². The first kappa shape index (κ1) is 10.1. The van der Waals surface area contributed by atoms with Crippen LogP contribution < -0.4 is 5.32 Å². The predicted molar refractivity (Wildman–Crippen MR) is 54.6 cm³/mol. The van der Waals surface area contributed by atoms with E-state index in [2.05, 4.69) is 30.2 Å². The van der Waals surface area contributed by atoms with Gasteiger partial charge in [-0.15, -0.1) is 10.2 Å². The Morgan fingerprint density at radius 2 is 2.44 bits per heavy atom. The van der Waals surface area contributed by atoms with E-state index in [-0.39, 0.29) is 0 Å². The second kappa shape index (κ2) is 4.01. The molecule has 0 saturated heterocycles. The van der Waals surface area contributed by atoms with Crippen molar-refractivity contribution in [3.63, 3.8) is 0 Å². The Bertz CT molecular complexity index is 489. The molecule has 0 radical (unpaired) electrons. The lowest BCUT2D eigenvalue weighted by Gasteiger charge is -2.03. The van der Waals surface area contributed by atoms with Crippen LogP contribution in [0.5, 0.6) is 0 Å². The van der Waals surface area contributed by atoms with Gasteiger partial charge < -0.3 is 14.3 Å². The Balaban J connectivity index is 2.37. The summed E-state index contributed by atoms with van der Waals surface area (Å²) in [6, 6.07) is 0. The number of anilines is 1. The molecule has 2 aromatic heterocycles. The van der Waals surface area contributed by atoms with Gasteiger partial charge in [-0.05, 0) is 0 Å². The number of aryl methyl sites for hydroxylation is 1. The highest BCUT2D eigenvalue weighted by molar-refractivity contribution is 5.87. The van der Waals surface area contributed by atoms with Crippen LogP contribution >= 0.6 is 0 Å². The third-order valence-corrected chi connectivity index (χ3v) is 1.98. The summed E-state index contributed by atoms with van der Waals surface area (Å²) < 4.78 is 6.20. The fraction of sp³-hybridized carbons (Fsp3) is 0.250. The van der Waals surface area contributed by atoms with Crippen molar-refractivity contribution in [1.29, 1.82) is 0 Å². The summed E-state index contributed by atoms with van der Waals surface area (Å²) in [6.07, 6.45) is 2.42. The zero-order valence-electron chi connectivity index (χ0n) is 8.76. The monoisotopic (exact) mass is 222 g/mol. The van der Waals surface area contributed by atoms with Crippen molar-refractivity contribution < 1.29 is 9.53 Å². The van der Waals surface area contributed by atoms with E-state index >= 15 is 0 Å². The summed E-state index contributed by atoms with van der Waals surface area (Å²) in [5.41, 5.74) is 0.628. The van der Waals surface area contributed by atoms with Crippen LogP contribution in [0.3, 0.4) is 0 Å². The molecule has 0 aliphatic rings. The summed E-state index contributed by atoms with van der Waals surface area (Å²) in [5, 5.41) is 10.0. The van der Waals surface area contributed by atoms with Gasteiger partial charge in [-0.25, -0.2) is 9.78 Å². The molecule has 2 N–H and O–H groups in total. The normalized spacial score (nSPS) is 10.1. The number of H-pyrrole nitrogens is 1. The molecule has 16 heavy (non-hydrogen) atoms. The molecular weight excluding hydrogens is 212 g/mol. The van der Waals surface area contributed by atoms with Crippen LogP contribution in [0, 0.1) is 0 Å². The molecule has 8 nitrogen and oxygen atoms in total. The summed E-state index contributed by atoms with van der Waals surface area (Å²) in [6.45, 7) is 0. The first-order valence-corrected chi connectivity index (χ1v) is 4.45. The maximum Gasteiger partial charge on any atom is 0.412 e. The molecule has 0 unspecified atom stereocenters. The number of ether oxygens (including phenoxy) is 1. The number of carbonyl (C=O) groups is 1. The topological polar surface area (TPSA) is 97.7 Å². The lowest BCUT2D eigenvalue weighted by atomic mass is 10.4. The lowest BCUT2D eigenvalue weighted by molar-refractivity contribution is 0.187. The number of rotatable bonds is 2.